The van der Waals surface area contributed by atoms with E-state index in [1.807, 2.05) is 12.1 Å². The zero-order chi connectivity index (χ0) is 8.97. The van der Waals surface area contributed by atoms with Crippen LogP contribution in [0, 0.1) is 5.92 Å². The van der Waals surface area contributed by atoms with Crippen molar-refractivity contribution in [3.05, 3.63) is 29.8 Å². The summed E-state index contributed by atoms with van der Waals surface area (Å²) < 4.78 is 8.73. The number of hydrogen-bond acceptors (Lipinski definition) is 2. The van der Waals surface area contributed by atoms with E-state index < -0.39 is 0 Å². The van der Waals surface area contributed by atoms with Crippen LogP contribution < -0.4 is 0 Å². The molecule has 0 aliphatic rings. The lowest BCUT2D eigenvalue weighted by Gasteiger charge is -2.04. The fourth-order valence-corrected chi connectivity index (χ4v) is 1.42. The zero-order valence-corrected chi connectivity index (χ0v) is 8.27. The Kier molecular flexibility index (Phi) is 3.63. The fourth-order valence-electron chi connectivity index (χ4n) is 1.16. The van der Waals surface area contributed by atoms with E-state index in [2.05, 4.69) is 26.0 Å². The van der Waals surface area contributed by atoms with E-state index in [9.17, 15) is 0 Å². The lowest BCUT2D eigenvalue weighted by molar-refractivity contribution is 0.646. The van der Waals surface area contributed by atoms with Gasteiger partial charge in [-0.2, -0.15) is 0 Å². The van der Waals surface area contributed by atoms with Crippen molar-refractivity contribution in [3.63, 3.8) is 0 Å². The summed E-state index contributed by atoms with van der Waals surface area (Å²) in [6.45, 7) is 4.41. The van der Waals surface area contributed by atoms with Gasteiger partial charge in [-0.15, -0.1) is 0 Å². The van der Waals surface area contributed by atoms with Crippen molar-refractivity contribution < 1.29 is 4.55 Å². The molecule has 0 saturated carbocycles. The highest BCUT2D eigenvalue weighted by molar-refractivity contribution is 7.93. The van der Waals surface area contributed by atoms with Crippen LogP contribution in [0.4, 0.5) is 0 Å². The summed E-state index contributed by atoms with van der Waals surface area (Å²) in [4.78, 5) is 0.905. The molecular formula is C10H14OS. The second-order valence-corrected chi connectivity index (χ2v) is 3.99. The Morgan fingerprint density at radius 2 is 1.83 bits per heavy atom. The molecule has 0 aliphatic heterocycles. The average Bonchev–Trinajstić information content (AvgIpc) is 2.05. The van der Waals surface area contributed by atoms with Crippen molar-refractivity contribution in [1.29, 1.82) is 0 Å². The monoisotopic (exact) mass is 182 g/mol. The average molecular weight is 182 g/mol. The van der Waals surface area contributed by atoms with Gasteiger partial charge in [-0.1, -0.05) is 26.0 Å². The highest BCUT2D eigenvalue weighted by Crippen LogP contribution is 2.16. The van der Waals surface area contributed by atoms with Gasteiger partial charge in [0.1, 0.15) is 0 Å². The van der Waals surface area contributed by atoms with Crippen LogP contribution in [0.25, 0.3) is 0 Å². The van der Waals surface area contributed by atoms with E-state index in [4.69, 9.17) is 4.55 Å². The van der Waals surface area contributed by atoms with Gasteiger partial charge in [0, 0.05) is 16.9 Å². The highest BCUT2D eigenvalue weighted by Gasteiger charge is 1.97. The molecule has 0 heterocycles. The fraction of sp³-hybridized carbons (Fsp3) is 0.400. The molecule has 0 atom stereocenters. The summed E-state index contributed by atoms with van der Waals surface area (Å²) >= 11 is 0.796. The van der Waals surface area contributed by atoms with Gasteiger partial charge in [0.15, 0.2) is 0 Å². The van der Waals surface area contributed by atoms with Crippen molar-refractivity contribution in [2.24, 2.45) is 5.92 Å². The molecule has 0 aliphatic carbocycles. The van der Waals surface area contributed by atoms with Crippen LogP contribution in [-0.2, 0) is 6.42 Å². The summed E-state index contributed by atoms with van der Waals surface area (Å²) in [6, 6.07) is 8.03. The first-order valence-corrected chi connectivity index (χ1v) is 4.90. The van der Waals surface area contributed by atoms with E-state index >= 15 is 0 Å². The van der Waals surface area contributed by atoms with Gasteiger partial charge in [-0.25, -0.2) is 0 Å². The van der Waals surface area contributed by atoms with Gasteiger partial charge in [-0.05, 0) is 30.0 Å². The molecule has 66 valence electrons. The molecule has 0 aromatic heterocycles. The van der Waals surface area contributed by atoms with Gasteiger partial charge < -0.3 is 4.55 Å². The molecule has 1 N–H and O–H groups in total. The Morgan fingerprint density at radius 3 is 2.25 bits per heavy atom. The predicted molar refractivity (Wildman–Crippen MR) is 53.5 cm³/mol. The molecule has 1 rings (SSSR count). The van der Waals surface area contributed by atoms with Crippen molar-refractivity contribution >= 4 is 12.0 Å². The largest absolute Gasteiger partial charge is 0.325 e. The quantitative estimate of drug-likeness (QED) is 0.722. The SMILES string of the molecule is CC(C)Cc1ccc(SO)cc1. The number of hydrogen-bond donors (Lipinski definition) is 1. The first-order valence-electron chi connectivity index (χ1n) is 4.12. The number of benzene rings is 1. The molecule has 0 amide bonds. The van der Waals surface area contributed by atoms with E-state index in [1.165, 1.54) is 5.56 Å². The lowest BCUT2D eigenvalue weighted by atomic mass is 10.0. The lowest BCUT2D eigenvalue weighted by Crippen LogP contribution is -1.92. The third-order valence-corrected chi connectivity index (χ3v) is 2.16. The maximum Gasteiger partial charge on any atom is 0.0351 e. The highest BCUT2D eigenvalue weighted by atomic mass is 32.2. The Balaban J connectivity index is 2.65. The van der Waals surface area contributed by atoms with Crippen LogP contribution in [0.15, 0.2) is 29.2 Å². The molecule has 1 aromatic carbocycles. The second-order valence-electron chi connectivity index (χ2n) is 3.33. The van der Waals surface area contributed by atoms with Crippen LogP contribution in [-0.4, -0.2) is 4.55 Å². The van der Waals surface area contributed by atoms with Crippen LogP contribution in [0.5, 0.6) is 0 Å². The molecule has 0 unspecified atom stereocenters. The van der Waals surface area contributed by atoms with Crippen molar-refractivity contribution in [2.75, 3.05) is 0 Å². The maximum absolute atomic E-state index is 8.73. The molecule has 1 aromatic rings. The topological polar surface area (TPSA) is 20.2 Å². The summed E-state index contributed by atoms with van der Waals surface area (Å²) in [5, 5.41) is 0. The van der Waals surface area contributed by atoms with Gasteiger partial charge in [-0.3, -0.25) is 0 Å². The molecule has 12 heavy (non-hydrogen) atoms. The smallest absolute Gasteiger partial charge is 0.0351 e. The Hall–Kier alpha value is -0.470. The van der Waals surface area contributed by atoms with E-state index in [0.717, 1.165) is 23.4 Å². The first kappa shape index (κ1) is 9.62. The second kappa shape index (κ2) is 4.53. The Morgan fingerprint density at radius 1 is 1.25 bits per heavy atom. The van der Waals surface area contributed by atoms with Gasteiger partial charge in [0.05, 0.1) is 0 Å². The molecular weight excluding hydrogens is 168 g/mol. The van der Waals surface area contributed by atoms with Gasteiger partial charge >= 0.3 is 0 Å². The molecule has 0 spiro atoms. The summed E-state index contributed by atoms with van der Waals surface area (Å²) in [5.74, 6) is 0.692. The Labute approximate surface area is 78.0 Å². The van der Waals surface area contributed by atoms with Crippen LogP contribution in [0.1, 0.15) is 19.4 Å². The van der Waals surface area contributed by atoms with E-state index in [-0.39, 0.29) is 0 Å². The molecule has 0 radical (unpaired) electrons. The van der Waals surface area contributed by atoms with Gasteiger partial charge in [0.2, 0.25) is 0 Å². The normalized spacial score (nSPS) is 10.7. The standard InChI is InChI=1S/C10H14OS/c1-8(2)7-9-3-5-10(12-11)6-4-9/h3-6,8,11H,7H2,1-2H3. The molecule has 0 saturated heterocycles. The predicted octanol–water partition coefficient (Wildman–Crippen LogP) is 3.45. The summed E-state index contributed by atoms with van der Waals surface area (Å²) in [6.07, 6.45) is 1.11. The summed E-state index contributed by atoms with van der Waals surface area (Å²) in [5.41, 5.74) is 1.34. The zero-order valence-electron chi connectivity index (χ0n) is 7.45. The van der Waals surface area contributed by atoms with E-state index in [0.29, 0.717) is 5.92 Å². The van der Waals surface area contributed by atoms with Crippen molar-refractivity contribution in [1.82, 2.24) is 0 Å². The third-order valence-electron chi connectivity index (χ3n) is 1.67. The molecule has 1 nitrogen and oxygen atoms in total. The molecule has 2 heteroatoms. The maximum atomic E-state index is 8.73. The minimum absolute atomic E-state index is 0.692. The van der Waals surface area contributed by atoms with Crippen LogP contribution in [0.3, 0.4) is 0 Å². The minimum Gasteiger partial charge on any atom is -0.325 e. The minimum atomic E-state index is 0.692. The molecule has 0 bridgehead atoms. The first-order chi connectivity index (χ1) is 5.72. The summed E-state index contributed by atoms with van der Waals surface area (Å²) in [7, 11) is 0. The van der Waals surface area contributed by atoms with Crippen LogP contribution in [0.2, 0.25) is 0 Å². The van der Waals surface area contributed by atoms with Crippen molar-refractivity contribution in [3.8, 4) is 0 Å². The van der Waals surface area contributed by atoms with Crippen molar-refractivity contribution in [2.45, 2.75) is 25.2 Å². The Bertz CT molecular complexity index is 228. The third kappa shape index (κ3) is 2.88. The number of rotatable bonds is 3. The molecule has 0 fully saturated rings. The van der Waals surface area contributed by atoms with E-state index in [1.54, 1.807) is 0 Å². The van der Waals surface area contributed by atoms with Crippen LogP contribution >= 0.6 is 12.0 Å². The van der Waals surface area contributed by atoms with Gasteiger partial charge in [0.25, 0.3) is 0 Å².